The van der Waals surface area contributed by atoms with Crippen molar-refractivity contribution in [2.24, 2.45) is 0 Å². The average molecular weight is 376 g/mol. The fourth-order valence-electron chi connectivity index (χ4n) is 3.15. The highest BCUT2D eigenvalue weighted by Crippen LogP contribution is 2.33. The van der Waals surface area contributed by atoms with Gasteiger partial charge in [-0.3, -0.25) is 9.36 Å². The third-order valence-corrected chi connectivity index (χ3v) is 5.61. The van der Waals surface area contributed by atoms with Crippen LogP contribution in [0.4, 0.5) is 0 Å². The highest BCUT2D eigenvalue weighted by molar-refractivity contribution is 7.99. The molecular formula is C21H20N4OS. The van der Waals surface area contributed by atoms with Gasteiger partial charge in [-0.2, -0.15) is 0 Å². The molecule has 0 aliphatic rings. The maximum atomic E-state index is 12.3. The lowest BCUT2D eigenvalue weighted by molar-refractivity contribution is 0.864. The molecule has 6 heteroatoms. The Kier molecular flexibility index (Phi) is 4.58. The van der Waals surface area contributed by atoms with Gasteiger partial charge in [-0.05, 0) is 44.5 Å². The van der Waals surface area contributed by atoms with Crippen LogP contribution in [0.3, 0.4) is 0 Å². The van der Waals surface area contributed by atoms with Crippen LogP contribution in [0.15, 0.2) is 64.8 Å². The van der Waals surface area contributed by atoms with Crippen LogP contribution >= 0.6 is 11.8 Å². The molecule has 0 radical (unpaired) electrons. The van der Waals surface area contributed by atoms with E-state index in [1.165, 1.54) is 11.1 Å². The highest BCUT2D eigenvalue weighted by atomic mass is 32.2. The van der Waals surface area contributed by atoms with E-state index in [0.717, 1.165) is 10.8 Å². The highest BCUT2D eigenvalue weighted by Gasteiger charge is 2.16. The van der Waals surface area contributed by atoms with Gasteiger partial charge in [0.2, 0.25) is 0 Å². The van der Waals surface area contributed by atoms with Gasteiger partial charge in [0.05, 0.1) is 21.8 Å². The smallest absolute Gasteiger partial charge is 0.258 e. The first-order valence-electron chi connectivity index (χ1n) is 8.79. The SMILES string of the molecule is Cc1ccc(-n2ccnc2S[C@@H](C)c2nc3ccccc3c(=O)[nH]2)c(C)c1. The summed E-state index contributed by atoms with van der Waals surface area (Å²) in [4.78, 5) is 24.4. The number of hydrogen-bond acceptors (Lipinski definition) is 4. The zero-order valence-electron chi connectivity index (χ0n) is 15.4. The number of imidazole rings is 1. The van der Waals surface area contributed by atoms with Gasteiger partial charge in [-0.15, -0.1) is 0 Å². The third kappa shape index (κ3) is 3.40. The molecule has 0 spiro atoms. The minimum absolute atomic E-state index is 0.0470. The number of nitrogens with one attached hydrogen (secondary N) is 1. The topological polar surface area (TPSA) is 63.6 Å². The molecule has 0 aliphatic carbocycles. The summed E-state index contributed by atoms with van der Waals surface area (Å²) in [6, 6.07) is 13.8. The first kappa shape index (κ1) is 17.5. The molecule has 4 aromatic rings. The number of hydrogen-bond donors (Lipinski definition) is 1. The van der Waals surface area contributed by atoms with E-state index in [9.17, 15) is 4.79 Å². The van der Waals surface area contributed by atoms with Crippen molar-refractivity contribution in [3.8, 4) is 5.69 Å². The molecule has 0 fully saturated rings. The van der Waals surface area contributed by atoms with Crippen LogP contribution in [0.2, 0.25) is 0 Å². The number of fused-ring (bicyclic) bond motifs is 1. The number of para-hydroxylation sites is 1. The van der Waals surface area contributed by atoms with Gasteiger partial charge in [0, 0.05) is 12.4 Å². The Bertz CT molecular complexity index is 1180. The van der Waals surface area contributed by atoms with Gasteiger partial charge in [-0.25, -0.2) is 9.97 Å². The normalized spacial score (nSPS) is 12.4. The summed E-state index contributed by atoms with van der Waals surface area (Å²) in [6.07, 6.45) is 3.76. The molecule has 0 amide bonds. The van der Waals surface area contributed by atoms with Crippen LogP contribution in [0, 0.1) is 13.8 Å². The van der Waals surface area contributed by atoms with E-state index in [4.69, 9.17) is 0 Å². The Labute approximate surface area is 161 Å². The maximum absolute atomic E-state index is 12.3. The fraction of sp³-hybridized carbons (Fsp3) is 0.190. The molecular weight excluding hydrogens is 356 g/mol. The quantitative estimate of drug-likeness (QED) is 0.530. The van der Waals surface area contributed by atoms with Crippen molar-refractivity contribution in [1.82, 2.24) is 19.5 Å². The molecule has 2 aromatic heterocycles. The van der Waals surface area contributed by atoms with Crippen LogP contribution < -0.4 is 5.56 Å². The first-order chi connectivity index (χ1) is 13.0. The van der Waals surface area contributed by atoms with Crippen molar-refractivity contribution >= 4 is 22.7 Å². The summed E-state index contributed by atoms with van der Waals surface area (Å²) in [5.74, 6) is 0.652. The fourth-order valence-corrected chi connectivity index (χ4v) is 4.08. The Hall–Kier alpha value is -2.86. The molecule has 0 aliphatic heterocycles. The molecule has 0 saturated heterocycles. The number of nitrogens with zero attached hydrogens (tertiary/aromatic N) is 3. The standard InChI is InChI=1S/C21H20N4OS/c1-13-8-9-18(14(2)12-13)25-11-10-22-21(25)27-15(3)19-23-17-7-5-4-6-16(17)20(26)24-19/h4-12,15H,1-3H3,(H,23,24,26)/t15-/m0/s1. The number of benzene rings is 2. The van der Waals surface area contributed by atoms with Crippen LogP contribution in [0.1, 0.15) is 29.1 Å². The molecule has 0 unspecified atom stereocenters. The van der Waals surface area contributed by atoms with Gasteiger partial charge < -0.3 is 4.98 Å². The zero-order valence-corrected chi connectivity index (χ0v) is 16.2. The second kappa shape index (κ2) is 7.04. The van der Waals surface area contributed by atoms with Crippen molar-refractivity contribution in [3.05, 3.63) is 82.2 Å². The molecule has 0 saturated carbocycles. The molecule has 1 atom stereocenters. The summed E-state index contributed by atoms with van der Waals surface area (Å²) in [5.41, 5.74) is 4.13. The molecule has 136 valence electrons. The lowest BCUT2D eigenvalue weighted by Gasteiger charge is -2.14. The number of H-pyrrole nitrogens is 1. The second-order valence-corrected chi connectivity index (χ2v) is 7.91. The Morgan fingerprint density at radius 1 is 1.15 bits per heavy atom. The third-order valence-electron chi connectivity index (χ3n) is 4.52. The molecule has 2 aromatic carbocycles. The van der Waals surface area contributed by atoms with Crippen molar-refractivity contribution in [1.29, 1.82) is 0 Å². The largest absolute Gasteiger partial charge is 0.309 e. The number of aromatic amines is 1. The Morgan fingerprint density at radius 2 is 1.96 bits per heavy atom. The number of thioether (sulfide) groups is 1. The minimum atomic E-state index is -0.110. The average Bonchev–Trinajstić information content (AvgIpc) is 3.09. The predicted octanol–water partition coefficient (Wildman–Crippen LogP) is 4.58. The van der Waals surface area contributed by atoms with Gasteiger partial charge in [-0.1, -0.05) is 41.6 Å². The van der Waals surface area contributed by atoms with E-state index in [2.05, 4.69) is 51.6 Å². The molecule has 27 heavy (non-hydrogen) atoms. The van der Waals surface area contributed by atoms with Gasteiger partial charge in [0.25, 0.3) is 5.56 Å². The van der Waals surface area contributed by atoms with Crippen LogP contribution in [-0.2, 0) is 0 Å². The number of aromatic nitrogens is 4. The molecule has 0 bridgehead atoms. The van der Waals surface area contributed by atoms with E-state index in [1.54, 1.807) is 24.0 Å². The molecule has 5 nitrogen and oxygen atoms in total. The van der Waals surface area contributed by atoms with E-state index >= 15 is 0 Å². The molecule has 4 rings (SSSR count). The Balaban J connectivity index is 1.68. The predicted molar refractivity (Wildman–Crippen MR) is 110 cm³/mol. The molecule has 1 N–H and O–H groups in total. The van der Waals surface area contributed by atoms with Crippen molar-refractivity contribution < 1.29 is 0 Å². The Morgan fingerprint density at radius 3 is 2.78 bits per heavy atom. The van der Waals surface area contributed by atoms with E-state index in [0.29, 0.717) is 16.7 Å². The monoisotopic (exact) mass is 376 g/mol. The second-order valence-electron chi connectivity index (χ2n) is 6.60. The maximum Gasteiger partial charge on any atom is 0.258 e. The van der Waals surface area contributed by atoms with Crippen LogP contribution in [0.5, 0.6) is 0 Å². The van der Waals surface area contributed by atoms with Gasteiger partial charge >= 0.3 is 0 Å². The van der Waals surface area contributed by atoms with Gasteiger partial charge in [0.15, 0.2) is 5.16 Å². The summed E-state index contributed by atoms with van der Waals surface area (Å²) < 4.78 is 2.08. The summed E-state index contributed by atoms with van der Waals surface area (Å²) >= 11 is 1.57. The zero-order chi connectivity index (χ0) is 19.0. The number of rotatable bonds is 4. The van der Waals surface area contributed by atoms with E-state index < -0.39 is 0 Å². The summed E-state index contributed by atoms with van der Waals surface area (Å²) in [5, 5.41) is 1.43. The number of aryl methyl sites for hydroxylation is 2. The minimum Gasteiger partial charge on any atom is -0.309 e. The molecule has 2 heterocycles. The van der Waals surface area contributed by atoms with E-state index in [-0.39, 0.29) is 10.8 Å². The summed E-state index contributed by atoms with van der Waals surface area (Å²) in [7, 11) is 0. The summed E-state index contributed by atoms with van der Waals surface area (Å²) in [6.45, 7) is 6.21. The van der Waals surface area contributed by atoms with Gasteiger partial charge in [0.1, 0.15) is 5.82 Å². The van der Waals surface area contributed by atoms with Crippen molar-refractivity contribution in [2.75, 3.05) is 0 Å². The van der Waals surface area contributed by atoms with Crippen molar-refractivity contribution in [2.45, 2.75) is 31.2 Å². The van der Waals surface area contributed by atoms with Crippen LogP contribution in [0.25, 0.3) is 16.6 Å². The lowest BCUT2D eigenvalue weighted by Crippen LogP contribution is -2.13. The first-order valence-corrected chi connectivity index (χ1v) is 9.67. The van der Waals surface area contributed by atoms with Crippen molar-refractivity contribution in [3.63, 3.8) is 0 Å². The lowest BCUT2D eigenvalue weighted by atomic mass is 10.1. The van der Waals surface area contributed by atoms with E-state index in [1.807, 2.05) is 31.3 Å². The van der Waals surface area contributed by atoms with Crippen LogP contribution in [-0.4, -0.2) is 19.5 Å².